The maximum atomic E-state index is 13.7. The van der Waals surface area contributed by atoms with Gasteiger partial charge in [0, 0.05) is 32.2 Å². The largest absolute Gasteiger partial charge is 0.493 e. The Balaban J connectivity index is 1.28. The van der Waals surface area contributed by atoms with Gasteiger partial charge in [-0.25, -0.2) is 0 Å². The lowest BCUT2D eigenvalue weighted by atomic mass is 9.48. The number of likely N-dealkylation sites (tertiary alicyclic amines) is 1. The van der Waals surface area contributed by atoms with E-state index in [1.54, 1.807) is 13.2 Å². The molecule has 2 bridgehead atoms. The van der Waals surface area contributed by atoms with Gasteiger partial charge in [-0.05, 0) is 74.4 Å². The fraction of sp³-hybridized carbons (Fsp3) is 0.421. The van der Waals surface area contributed by atoms with E-state index in [1.807, 2.05) is 55.3 Å². The Morgan fingerprint density at radius 2 is 1.91 bits per heavy atom. The number of piperidine rings is 1. The minimum Gasteiger partial charge on any atom is -0.493 e. The number of esters is 1. The molecular weight excluding hydrogens is 564 g/mol. The second-order valence-electron chi connectivity index (χ2n) is 13.2. The molecule has 5 atom stereocenters. The number of methoxy groups -OCH3 is 1. The van der Waals surface area contributed by atoms with E-state index in [0.717, 1.165) is 54.8 Å². The molecule has 2 fully saturated rings. The lowest BCUT2D eigenvalue weighted by Gasteiger charge is -2.65. The molecule has 3 aromatic carbocycles. The Morgan fingerprint density at radius 1 is 1.09 bits per heavy atom. The van der Waals surface area contributed by atoms with E-state index in [-0.39, 0.29) is 30.1 Å². The standard InChI is InChI=1S/C38H42N2O5/c1-25-9-8-12-28(23-25)13-16-33(42)39(3)30-17-19-38(45-26(2)41)32-24-29-14-15-31(43-4)35-34(29)37(38,36(30)44-35)20-22-40(32)21-18-27-10-6-5-7-11-27/h5-16,23,30,32,36H,17-22,24H2,1-4H3/b16-13+/t30?,32-,36?,37+,38-/m1/s1. The van der Waals surface area contributed by atoms with Crippen LogP contribution in [0, 0.1) is 6.92 Å². The lowest BCUT2D eigenvalue weighted by Crippen LogP contribution is -2.79. The van der Waals surface area contributed by atoms with Crippen molar-refractivity contribution in [2.75, 3.05) is 27.2 Å². The van der Waals surface area contributed by atoms with Gasteiger partial charge >= 0.3 is 5.97 Å². The van der Waals surface area contributed by atoms with Crippen LogP contribution in [-0.2, 0) is 32.6 Å². The van der Waals surface area contributed by atoms with Crippen LogP contribution in [0.2, 0.25) is 0 Å². The van der Waals surface area contributed by atoms with Crippen molar-refractivity contribution in [2.45, 2.75) is 75.2 Å². The lowest BCUT2D eigenvalue weighted by molar-refractivity contribution is -0.223. The molecule has 0 aromatic heterocycles. The average Bonchev–Trinajstić information content (AvgIpc) is 3.38. The first-order valence-electron chi connectivity index (χ1n) is 16.1. The maximum absolute atomic E-state index is 13.7. The number of nitrogens with zero attached hydrogens (tertiary/aromatic N) is 2. The van der Waals surface area contributed by atoms with Crippen molar-refractivity contribution in [3.63, 3.8) is 0 Å². The third-order valence-electron chi connectivity index (χ3n) is 10.9. The number of carbonyl (C=O) groups excluding carboxylic acids is 2. The normalized spacial score (nSPS) is 27.9. The van der Waals surface area contributed by atoms with Gasteiger partial charge in [0.2, 0.25) is 5.91 Å². The highest BCUT2D eigenvalue weighted by Crippen LogP contribution is 2.67. The molecule has 45 heavy (non-hydrogen) atoms. The molecule has 1 spiro atoms. The Bertz CT molecular complexity index is 1650. The van der Waals surface area contributed by atoms with Crippen LogP contribution >= 0.6 is 0 Å². The zero-order chi connectivity index (χ0) is 31.3. The van der Waals surface area contributed by atoms with Crippen LogP contribution < -0.4 is 9.47 Å². The molecule has 2 aliphatic heterocycles. The van der Waals surface area contributed by atoms with Crippen LogP contribution in [0.25, 0.3) is 6.08 Å². The van der Waals surface area contributed by atoms with Crippen molar-refractivity contribution in [1.82, 2.24) is 9.80 Å². The van der Waals surface area contributed by atoms with Crippen LogP contribution in [0.5, 0.6) is 11.5 Å². The van der Waals surface area contributed by atoms with Crippen LogP contribution in [0.1, 0.15) is 54.0 Å². The molecule has 0 N–H and O–H groups in total. The summed E-state index contributed by atoms with van der Waals surface area (Å²) in [6.45, 7) is 5.31. The van der Waals surface area contributed by atoms with Gasteiger partial charge in [0.25, 0.3) is 0 Å². The number of aryl methyl sites for hydroxylation is 1. The third-order valence-corrected chi connectivity index (χ3v) is 10.9. The van der Waals surface area contributed by atoms with Crippen molar-refractivity contribution in [3.05, 3.63) is 101 Å². The number of amides is 1. The predicted octanol–water partition coefficient (Wildman–Crippen LogP) is 5.51. The van der Waals surface area contributed by atoms with E-state index in [4.69, 9.17) is 14.2 Å². The molecule has 1 amide bonds. The van der Waals surface area contributed by atoms with E-state index in [2.05, 4.69) is 41.3 Å². The number of hydrogen-bond donors (Lipinski definition) is 0. The van der Waals surface area contributed by atoms with Crippen LogP contribution in [0.15, 0.2) is 72.8 Å². The highest BCUT2D eigenvalue weighted by Gasteiger charge is 2.75. The molecule has 3 aromatic rings. The second kappa shape index (κ2) is 11.4. The van der Waals surface area contributed by atoms with E-state index in [9.17, 15) is 9.59 Å². The quantitative estimate of drug-likeness (QED) is 0.249. The summed E-state index contributed by atoms with van der Waals surface area (Å²) in [6, 6.07) is 22.6. The Kier molecular flexibility index (Phi) is 7.47. The minimum atomic E-state index is -0.777. The molecule has 234 valence electrons. The van der Waals surface area contributed by atoms with Crippen molar-refractivity contribution in [2.24, 2.45) is 0 Å². The van der Waals surface area contributed by atoms with Crippen LogP contribution in [-0.4, -0.2) is 72.7 Å². The number of rotatable bonds is 8. The smallest absolute Gasteiger partial charge is 0.303 e. The molecule has 4 aliphatic rings. The van der Waals surface area contributed by atoms with Gasteiger partial charge in [-0.1, -0.05) is 66.2 Å². The summed E-state index contributed by atoms with van der Waals surface area (Å²) < 4.78 is 19.5. The van der Waals surface area contributed by atoms with Crippen molar-refractivity contribution in [1.29, 1.82) is 0 Å². The zero-order valence-corrected chi connectivity index (χ0v) is 26.6. The molecule has 2 heterocycles. The minimum absolute atomic E-state index is 0.0000177. The molecular formula is C38H42N2O5. The van der Waals surface area contributed by atoms with Crippen LogP contribution in [0.4, 0.5) is 0 Å². The SMILES string of the molecule is COc1ccc2c3c1OC1C(N(C)C(=O)/C=C/c4cccc(C)c4)CC[C@@]4(OC(C)=O)[C@@H](C2)N(CCc2ccccc2)CC[C@]314. The number of hydrogen-bond acceptors (Lipinski definition) is 6. The molecule has 1 saturated heterocycles. The van der Waals surface area contributed by atoms with E-state index in [0.29, 0.717) is 18.6 Å². The van der Waals surface area contributed by atoms with E-state index in [1.165, 1.54) is 18.1 Å². The highest BCUT2D eigenvalue weighted by atomic mass is 16.6. The first-order chi connectivity index (χ1) is 21.8. The number of carbonyl (C=O) groups is 2. The summed E-state index contributed by atoms with van der Waals surface area (Å²) in [7, 11) is 3.55. The van der Waals surface area contributed by atoms with Gasteiger partial charge in [-0.15, -0.1) is 0 Å². The van der Waals surface area contributed by atoms with Crippen molar-refractivity contribution in [3.8, 4) is 11.5 Å². The number of benzene rings is 3. The highest BCUT2D eigenvalue weighted by molar-refractivity contribution is 5.92. The van der Waals surface area contributed by atoms with E-state index >= 15 is 0 Å². The van der Waals surface area contributed by atoms with Gasteiger partial charge < -0.3 is 19.1 Å². The topological polar surface area (TPSA) is 68.3 Å². The van der Waals surface area contributed by atoms with Gasteiger partial charge in [0.15, 0.2) is 11.5 Å². The molecule has 2 unspecified atom stereocenters. The molecule has 1 saturated carbocycles. The summed E-state index contributed by atoms with van der Waals surface area (Å²) in [6.07, 6.45) is 6.93. The van der Waals surface area contributed by atoms with Crippen molar-refractivity contribution >= 4 is 18.0 Å². The first kappa shape index (κ1) is 29.6. The molecule has 7 rings (SSSR count). The average molecular weight is 607 g/mol. The molecule has 2 aliphatic carbocycles. The fourth-order valence-corrected chi connectivity index (χ4v) is 8.99. The molecule has 7 heteroatoms. The zero-order valence-electron chi connectivity index (χ0n) is 26.6. The number of likely N-dealkylation sites (N-methyl/N-ethyl adjacent to an activating group) is 1. The summed E-state index contributed by atoms with van der Waals surface area (Å²) >= 11 is 0. The molecule has 0 radical (unpaired) electrons. The summed E-state index contributed by atoms with van der Waals surface area (Å²) in [5, 5.41) is 0. The Labute approximate surface area is 265 Å². The summed E-state index contributed by atoms with van der Waals surface area (Å²) in [4.78, 5) is 31.1. The monoisotopic (exact) mass is 606 g/mol. The van der Waals surface area contributed by atoms with Gasteiger partial charge in [-0.2, -0.15) is 0 Å². The second-order valence-corrected chi connectivity index (χ2v) is 13.2. The maximum Gasteiger partial charge on any atom is 0.303 e. The number of ether oxygens (including phenoxy) is 3. The Morgan fingerprint density at radius 3 is 2.67 bits per heavy atom. The van der Waals surface area contributed by atoms with E-state index < -0.39 is 11.0 Å². The molecule has 7 nitrogen and oxygen atoms in total. The Hall–Kier alpha value is -4.10. The van der Waals surface area contributed by atoms with Crippen LogP contribution in [0.3, 0.4) is 0 Å². The summed E-state index contributed by atoms with van der Waals surface area (Å²) in [5.74, 6) is 1.09. The fourth-order valence-electron chi connectivity index (χ4n) is 8.99. The predicted molar refractivity (Wildman–Crippen MR) is 173 cm³/mol. The van der Waals surface area contributed by atoms with Crippen molar-refractivity contribution < 1.29 is 23.8 Å². The first-order valence-corrected chi connectivity index (χ1v) is 16.1. The van der Waals surface area contributed by atoms with Gasteiger partial charge in [0.05, 0.1) is 24.6 Å². The third kappa shape index (κ3) is 4.66. The van der Waals surface area contributed by atoms with Gasteiger partial charge in [-0.3, -0.25) is 14.5 Å². The summed E-state index contributed by atoms with van der Waals surface area (Å²) in [5.41, 5.74) is 4.40. The van der Waals surface area contributed by atoms with Gasteiger partial charge in [0.1, 0.15) is 11.7 Å².